The Morgan fingerprint density at radius 1 is 1.42 bits per heavy atom. The van der Waals surface area contributed by atoms with Gasteiger partial charge in [0.2, 0.25) is 0 Å². The smallest absolute Gasteiger partial charge is 0.257 e. The van der Waals surface area contributed by atoms with Gasteiger partial charge in [-0.15, -0.1) is 0 Å². The van der Waals surface area contributed by atoms with Gasteiger partial charge in [-0.2, -0.15) is 0 Å². The lowest BCUT2D eigenvalue weighted by atomic mass is 9.89. The van der Waals surface area contributed by atoms with Crippen LogP contribution in [0.4, 0.5) is 0 Å². The molecule has 0 radical (unpaired) electrons. The van der Waals surface area contributed by atoms with Gasteiger partial charge in [-0.25, -0.2) is 0 Å². The van der Waals surface area contributed by atoms with E-state index in [-0.39, 0.29) is 11.7 Å². The summed E-state index contributed by atoms with van der Waals surface area (Å²) in [4.78, 5) is 18.1. The molecule has 1 atom stereocenters. The van der Waals surface area contributed by atoms with Gasteiger partial charge in [0.05, 0.1) is 11.8 Å². The molecule has 0 saturated carbocycles. The van der Waals surface area contributed by atoms with Gasteiger partial charge in [0.15, 0.2) is 0 Å². The number of carbonyl (C=O) groups excluding carboxylic acids is 1. The summed E-state index contributed by atoms with van der Waals surface area (Å²) in [7, 11) is 0. The first-order valence-corrected chi connectivity index (χ1v) is 7.02. The highest BCUT2D eigenvalue weighted by Gasteiger charge is 2.24. The average Bonchev–Trinajstić information content (AvgIpc) is 2.64. The second-order valence-corrected chi connectivity index (χ2v) is 5.62. The predicted molar refractivity (Wildman–Crippen MR) is 74.0 cm³/mol. The molecule has 0 aliphatic carbocycles. The van der Waals surface area contributed by atoms with Crippen molar-refractivity contribution in [3.05, 3.63) is 24.0 Å². The van der Waals surface area contributed by atoms with Crippen molar-refractivity contribution in [3.63, 3.8) is 0 Å². The van der Waals surface area contributed by atoms with Crippen molar-refractivity contribution in [2.45, 2.75) is 33.1 Å². The van der Waals surface area contributed by atoms with Crippen LogP contribution in [0, 0.1) is 11.8 Å². The van der Waals surface area contributed by atoms with E-state index >= 15 is 0 Å². The summed E-state index contributed by atoms with van der Waals surface area (Å²) < 4.78 is 0. The van der Waals surface area contributed by atoms with Crippen LogP contribution in [0.25, 0.3) is 0 Å². The van der Waals surface area contributed by atoms with E-state index in [1.165, 1.54) is 12.6 Å². The first-order valence-electron chi connectivity index (χ1n) is 7.02. The summed E-state index contributed by atoms with van der Waals surface area (Å²) in [5.41, 5.74) is 0.359. The van der Waals surface area contributed by atoms with Crippen molar-refractivity contribution in [1.29, 1.82) is 0 Å². The topological polar surface area (TPSA) is 53.4 Å². The molecule has 0 bridgehead atoms. The molecule has 4 nitrogen and oxygen atoms in total. The van der Waals surface area contributed by atoms with Crippen molar-refractivity contribution in [3.8, 4) is 5.75 Å². The molecular weight excluding hydrogens is 240 g/mol. The Hall–Kier alpha value is -1.58. The molecule has 1 fully saturated rings. The molecular formula is C15H22N2O2. The molecule has 1 aliphatic heterocycles. The normalized spacial score (nSPS) is 20.4. The zero-order valence-corrected chi connectivity index (χ0v) is 11.7. The third-order valence-corrected chi connectivity index (χ3v) is 4.03. The number of aromatic hydroxyl groups is 1. The van der Waals surface area contributed by atoms with E-state index in [1.54, 1.807) is 12.3 Å². The Bertz CT molecular complexity index is 446. The lowest BCUT2D eigenvalue weighted by Gasteiger charge is -2.21. The van der Waals surface area contributed by atoms with Crippen LogP contribution in [0.5, 0.6) is 5.75 Å². The van der Waals surface area contributed by atoms with Crippen molar-refractivity contribution in [2.24, 2.45) is 11.8 Å². The van der Waals surface area contributed by atoms with Crippen LogP contribution >= 0.6 is 0 Å². The second-order valence-electron chi connectivity index (χ2n) is 5.62. The van der Waals surface area contributed by atoms with Crippen LogP contribution in [0.2, 0.25) is 0 Å². The molecule has 1 unspecified atom stereocenters. The molecule has 104 valence electrons. The van der Waals surface area contributed by atoms with Crippen LogP contribution in [0.15, 0.2) is 18.5 Å². The zero-order chi connectivity index (χ0) is 13.8. The van der Waals surface area contributed by atoms with E-state index in [9.17, 15) is 9.90 Å². The van der Waals surface area contributed by atoms with Gasteiger partial charge >= 0.3 is 0 Å². The van der Waals surface area contributed by atoms with Crippen molar-refractivity contribution in [2.75, 3.05) is 13.1 Å². The molecule has 2 rings (SSSR count). The Morgan fingerprint density at radius 3 is 2.89 bits per heavy atom. The number of hydrogen-bond acceptors (Lipinski definition) is 3. The van der Waals surface area contributed by atoms with Gasteiger partial charge in [0.25, 0.3) is 5.91 Å². The van der Waals surface area contributed by atoms with E-state index in [0.29, 0.717) is 17.4 Å². The summed E-state index contributed by atoms with van der Waals surface area (Å²) in [6, 6.07) is 1.59. The molecule has 1 aromatic heterocycles. The Morgan fingerprint density at radius 2 is 2.21 bits per heavy atom. The number of likely N-dealkylation sites (tertiary alicyclic amines) is 1. The molecule has 1 saturated heterocycles. The number of carbonyl (C=O) groups is 1. The summed E-state index contributed by atoms with van der Waals surface area (Å²) in [5.74, 6) is 1.26. The monoisotopic (exact) mass is 262 g/mol. The summed E-state index contributed by atoms with van der Waals surface area (Å²) in [6.45, 7) is 6.06. The maximum absolute atomic E-state index is 12.4. The van der Waals surface area contributed by atoms with Crippen molar-refractivity contribution >= 4 is 5.91 Å². The number of pyridine rings is 1. The first kappa shape index (κ1) is 13.8. The Balaban J connectivity index is 2.06. The van der Waals surface area contributed by atoms with Crippen LogP contribution in [0.3, 0.4) is 0 Å². The van der Waals surface area contributed by atoms with Crippen molar-refractivity contribution in [1.82, 2.24) is 9.88 Å². The highest BCUT2D eigenvalue weighted by atomic mass is 16.3. The predicted octanol–water partition coefficient (Wildman–Crippen LogP) is 2.69. The Kier molecular flexibility index (Phi) is 4.40. The number of hydrogen-bond donors (Lipinski definition) is 1. The van der Waals surface area contributed by atoms with Gasteiger partial charge in [0.1, 0.15) is 5.75 Å². The summed E-state index contributed by atoms with van der Waals surface area (Å²) in [5, 5.41) is 9.71. The fourth-order valence-electron chi connectivity index (χ4n) is 2.73. The highest BCUT2D eigenvalue weighted by molar-refractivity contribution is 5.96. The fourth-order valence-corrected chi connectivity index (χ4v) is 2.73. The molecule has 1 amide bonds. The van der Waals surface area contributed by atoms with E-state index in [1.807, 2.05) is 4.90 Å². The quantitative estimate of drug-likeness (QED) is 0.891. The SMILES string of the molecule is CC(C)C1CCCN(C(=O)c2ccncc2O)CC1. The fraction of sp³-hybridized carbons (Fsp3) is 0.600. The number of nitrogens with zero attached hydrogens (tertiary/aromatic N) is 2. The molecule has 0 aromatic carbocycles. The zero-order valence-electron chi connectivity index (χ0n) is 11.7. The van der Waals surface area contributed by atoms with Gasteiger partial charge in [-0.1, -0.05) is 13.8 Å². The second kappa shape index (κ2) is 6.04. The summed E-state index contributed by atoms with van der Waals surface area (Å²) in [6.07, 6.45) is 6.14. The summed E-state index contributed by atoms with van der Waals surface area (Å²) >= 11 is 0. The third kappa shape index (κ3) is 3.25. The number of rotatable bonds is 2. The third-order valence-electron chi connectivity index (χ3n) is 4.03. The van der Waals surface area contributed by atoms with Crippen LogP contribution in [0.1, 0.15) is 43.5 Å². The number of amides is 1. The molecule has 1 N–H and O–H groups in total. The molecule has 1 aromatic rings. The lowest BCUT2D eigenvalue weighted by molar-refractivity contribution is 0.0755. The molecule has 0 spiro atoms. The molecule has 1 aliphatic rings. The lowest BCUT2D eigenvalue weighted by Crippen LogP contribution is -2.32. The van der Waals surface area contributed by atoms with Crippen LogP contribution in [-0.2, 0) is 0 Å². The van der Waals surface area contributed by atoms with E-state index < -0.39 is 0 Å². The van der Waals surface area contributed by atoms with Gasteiger partial charge in [0, 0.05) is 19.3 Å². The maximum atomic E-state index is 12.4. The van der Waals surface area contributed by atoms with E-state index in [0.717, 1.165) is 25.9 Å². The molecule has 19 heavy (non-hydrogen) atoms. The average molecular weight is 262 g/mol. The minimum Gasteiger partial charge on any atom is -0.505 e. The van der Waals surface area contributed by atoms with E-state index in [4.69, 9.17) is 0 Å². The first-order chi connectivity index (χ1) is 9.09. The van der Waals surface area contributed by atoms with Crippen molar-refractivity contribution < 1.29 is 9.90 Å². The van der Waals surface area contributed by atoms with Gasteiger partial charge in [-0.3, -0.25) is 9.78 Å². The standard InChI is InChI=1S/C15H22N2O2/c1-11(2)12-4-3-8-17(9-6-12)15(19)13-5-7-16-10-14(13)18/h5,7,10-12,18H,3-4,6,8-9H2,1-2H3. The maximum Gasteiger partial charge on any atom is 0.257 e. The van der Waals surface area contributed by atoms with Crippen LogP contribution < -0.4 is 0 Å². The molecule has 4 heteroatoms. The van der Waals surface area contributed by atoms with E-state index in [2.05, 4.69) is 18.8 Å². The Labute approximate surface area is 114 Å². The molecule has 2 heterocycles. The largest absolute Gasteiger partial charge is 0.505 e. The van der Waals surface area contributed by atoms with Gasteiger partial charge in [-0.05, 0) is 37.2 Å². The number of aromatic nitrogens is 1. The van der Waals surface area contributed by atoms with Crippen LogP contribution in [-0.4, -0.2) is 34.0 Å². The minimum atomic E-state index is -0.0793. The van der Waals surface area contributed by atoms with Gasteiger partial charge < -0.3 is 10.0 Å². The minimum absolute atomic E-state index is 0.0304. The highest BCUT2D eigenvalue weighted by Crippen LogP contribution is 2.26.